The second-order valence-corrected chi connectivity index (χ2v) is 11.9. The van der Waals surface area contributed by atoms with E-state index in [1.165, 1.54) is 6.92 Å². The summed E-state index contributed by atoms with van der Waals surface area (Å²) in [5, 5.41) is 0. The van der Waals surface area contributed by atoms with Crippen molar-refractivity contribution in [1.29, 1.82) is 0 Å². The Labute approximate surface area is 241 Å². The summed E-state index contributed by atoms with van der Waals surface area (Å²) in [6.45, 7) is 9.12. The summed E-state index contributed by atoms with van der Waals surface area (Å²) in [7, 11) is 0. The Balaban J connectivity index is 3.35. The number of unbranched alkanes of at least 4 members (excludes halogenated alkanes) is 2. The van der Waals surface area contributed by atoms with Crippen LogP contribution in [0, 0.1) is 22.7 Å². The molecule has 0 amide bonds. The summed E-state index contributed by atoms with van der Waals surface area (Å²) in [6.07, 6.45) is 7.38. The van der Waals surface area contributed by atoms with Gasteiger partial charge in [0.15, 0.2) is 11.6 Å². The van der Waals surface area contributed by atoms with Gasteiger partial charge in [-0.15, -0.1) is 0 Å². The Kier molecular flexibility index (Phi) is 15.6. The molecule has 226 valence electrons. The molecule has 1 rings (SSSR count). The van der Waals surface area contributed by atoms with E-state index < -0.39 is 22.4 Å². The van der Waals surface area contributed by atoms with Crippen LogP contribution in [0.15, 0.2) is 0 Å². The first-order valence-electron chi connectivity index (χ1n) is 15.6. The Bertz CT molecular complexity index is 920. The van der Waals surface area contributed by atoms with E-state index in [1.807, 2.05) is 27.7 Å². The number of hydrogen-bond acceptors (Lipinski definition) is 7. The molecule has 1 fully saturated rings. The molecule has 0 N–H and O–H groups in total. The lowest BCUT2D eigenvalue weighted by Gasteiger charge is -2.30. The molecule has 0 aromatic carbocycles. The second-order valence-electron chi connectivity index (χ2n) is 11.9. The van der Waals surface area contributed by atoms with Gasteiger partial charge in [-0.3, -0.25) is 24.0 Å². The van der Waals surface area contributed by atoms with Crippen molar-refractivity contribution in [3.63, 3.8) is 0 Å². The third-order valence-corrected chi connectivity index (χ3v) is 8.76. The van der Waals surface area contributed by atoms with Crippen LogP contribution in [0.2, 0.25) is 0 Å². The van der Waals surface area contributed by atoms with Gasteiger partial charge in [-0.1, -0.05) is 40.5 Å². The van der Waals surface area contributed by atoms with Crippen molar-refractivity contribution in [3.8, 4) is 0 Å². The van der Waals surface area contributed by atoms with Gasteiger partial charge in [0.2, 0.25) is 0 Å². The zero-order chi connectivity index (χ0) is 30.3. The predicted molar refractivity (Wildman–Crippen MR) is 155 cm³/mol. The minimum atomic E-state index is -1.96. The Hall–Kier alpha value is -2.31. The molecule has 4 unspecified atom stereocenters. The molecule has 40 heavy (non-hydrogen) atoms. The number of Topliss-reactive ketones (excluding diaryl/α,β-unsaturated/α-hetero) is 6. The summed E-state index contributed by atoms with van der Waals surface area (Å²) in [5.41, 5.74) is -3.43. The van der Waals surface area contributed by atoms with Gasteiger partial charge in [-0.2, -0.15) is 0 Å². The predicted octanol–water partition coefficient (Wildman–Crippen LogP) is 6.55. The molecule has 7 heteroatoms. The quantitative estimate of drug-likeness (QED) is 0.0917. The first-order valence-corrected chi connectivity index (χ1v) is 15.6. The van der Waals surface area contributed by atoms with Crippen LogP contribution >= 0.6 is 0 Å². The zero-order valence-corrected chi connectivity index (χ0v) is 25.6. The molecule has 0 aromatic heterocycles. The zero-order valence-electron chi connectivity index (χ0n) is 25.6. The highest BCUT2D eigenvalue weighted by atomic mass is 16.2. The van der Waals surface area contributed by atoms with Crippen molar-refractivity contribution >= 4 is 41.0 Å². The van der Waals surface area contributed by atoms with Crippen molar-refractivity contribution in [1.82, 2.24) is 0 Å². The molecular formula is C33H52O7. The maximum atomic E-state index is 14.5. The van der Waals surface area contributed by atoms with Gasteiger partial charge in [0, 0.05) is 44.9 Å². The number of rotatable bonds is 25. The molecule has 0 radical (unpaired) electrons. The molecular weight excluding hydrogens is 508 g/mol. The van der Waals surface area contributed by atoms with Crippen LogP contribution in [-0.4, -0.2) is 41.0 Å². The van der Waals surface area contributed by atoms with E-state index in [-0.39, 0.29) is 73.5 Å². The number of hydrogen-bond donors (Lipinski definition) is 0. The van der Waals surface area contributed by atoms with Gasteiger partial charge in [0.1, 0.15) is 34.8 Å². The second kappa shape index (κ2) is 17.5. The van der Waals surface area contributed by atoms with E-state index in [9.17, 15) is 33.6 Å². The van der Waals surface area contributed by atoms with Crippen LogP contribution in [0.25, 0.3) is 0 Å². The maximum Gasteiger partial charge on any atom is 0.167 e. The van der Waals surface area contributed by atoms with Gasteiger partial charge in [-0.05, 0) is 70.1 Å². The average Bonchev–Trinajstić information content (AvgIpc) is 3.51. The maximum absolute atomic E-state index is 14.5. The van der Waals surface area contributed by atoms with Crippen LogP contribution in [-0.2, 0) is 33.6 Å². The number of ketones is 6. The SMILES string of the molecule is CCCCC(=O)CCCC1C(C)C1(C(=O)CCCC(C)=O)C(=O)C(C=O)(CCCC(=O)CCC)C(=O)CCCC. The van der Waals surface area contributed by atoms with E-state index in [0.717, 1.165) is 12.8 Å². The van der Waals surface area contributed by atoms with E-state index in [2.05, 4.69) is 0 Å². The van der Waals surface area contributed by atoms with Crippen LogP contribution in [0.4, 0.5) is 0 Å². The van der Waals surface area contributed by atoms with E-state index in [0.29, 0.717) is 64.1 Å². The van der Waals surface area contributed by atoms with Gasteiger partial charge in [0.25, 0.3) is 0 Å². The minimum Gasteiger partial charge on any atom is -0.302 e. The molecule has 0 heterocycles. The largest absolute Gasteiger partial charge is 0.302 e. The summed E-state index contributed by atoms with van der Waals surface area (Å²) < 4.78 is 0. The van der Waals surface area contributed by atoms with Crippen LogP contribution < -0.4 is 0 Å². The van der Waals surface area contributed by atoms with Crippen molar-refractivity contribution in [2.45, 2.75) is 144 Å². The van der Waals surface area contributed by atoms with Crippen molar-refractivity contribution < 1.29 is 33.6 Å². The average molecular weight is 561 g/mol. The van der Waals surface area contributed by atoms with Crippen LogP contribution in [0.1, 0.15) is 144 Å². The minimum absolute atomic E-state index is 0.0225. The molecule has 1 saturated carbocycles. The van der Waals surface area contributed by atoms with Gasteiger partial charge < -0.3 is 9.59 Å². The molecule has 0 saturated heterocycles. The highest BCUT2D eigenvalue weighted by molar-refractivity contribution is 6.27. The third kappa shape index (κ3) is 9.10. The van der Waals surface area contributed by atoms with Crippen molar-refractivity contribution in [3.05, 3.63) is 0 Å². The number of carbonyl (C=O) groups is 7. The highest BCUT2D eigenvalue weighted by Crippen LogP contribution is 2.65. The molecule has 1 aliphatic rings. The lowest BCUT2D eigenvalue weighted by molar-refractivity contribution is -0.151. The van der Waals surface area contributed by atoms with Crippen molar-refractivity contribution in [2.24, 2.45) is 22.7 Å². The fraction of sp³-hybridized carbons (Fsp3) is 0.788. The first-order chi connectivity index (χ1) is 19.0. The Morgan fingerprint density at radius 3 is 1.85 bits per heavy atom. The topological polar surface area (TPSA) is 119 Å². The lowest BCUT2D eigenvalue weighted by Crippen LogP contribution is -2.49. The fourth-order valence-corrected chi connectivity index (χ4v) is 6.27. The highest BCUT2D eigenvalue weighted by Gasteiger charge is 2.73. The van der Waals surface area contributed by atoms with Crippen LogP contribution in [0.3, 0.4) is 0 Å². The van der Waals surface area contributed by atoms with E-state index in [1.54, 1.807) is 0 Å². The van der Waals surface area contributed by atoms with Gasteiger partial charge in [0.05, 0.1) is 5.41 Å². The summed E-state index contributed by atoms with van der Waals surface area (Å²) >= 11 is 0. The Morgan fingerprint density at radius 2 is 1.27 bits per heavy atom. The summed E-state index contributed by atoms with van der Waals surface area (Å²) in [4.78, 5) is 90.6. The Morgan fingerprint density at radius 1 is 0.700 bits per heavy atom. The van der Waals surface area contributed by atoms with E-state index in [4.69, 9.17) is 0 Å². The smallest absolute Gasteiger partial charge is 0.167 e. The van der Waals surface area contributed by atoms with Crippen LogP contribution in [0.5, 0.6) is 0 Å². The molecule has 7 nitrogen and oxygen atoms in total. The molecule has 0 aliphatic heterocycles. The summed E-state index contributed by atoms with van der Waals surface area (Å²) in [5.74, 6) is -2.00. The third-order valence-electron chi connectivity index (χ3n) is 8.76. The standard InChI is InChI=1S/C33H52O7/c1-6-9-16-27(37)17-12-19-28-25(5)33(28,30(39)21-11-15-24(4)35)31(40)32(23-34,29(38)20-10-7-2)22-13-18-26(36)14-8-3/h23,25,28H,6-22H2,1-5H3. The van der Waals surface area contributed by atoms with E-state index >= 15 is 0 Å². The van der Waals surface area contributed by atoms with Gasteiger partial charge in [-0.25, -0.2) is 0 Å². The molecule has 0 spiro atoms. The number of aldehydes is 1. The number of carbonyl (C=O) groups excluding carboxylic acids is 7. The van der Waals surface area contributed by atoms with Gasteiger partial charge >= 0.3 is 0 Å². The molecule has 0 bridgehead atoms. The molecule has 0 aromatic rings. The molecule has 4 atom stereocenters. The summed E-state index contributed by atoms with van der Waals surface area (Å²) in [6, 6.07) is 0. The molecule has 1 aliphatic carbocycles. The lowest BCUT2D eigenvalue weighted by atomic mass is 9.67. The fourth-order valence-electron chi connectivity index (χ4n) is 6.27. The first kappa shape index (κ1) is 35.7. The monoisotopic (exact) mass is 560 g/mol. The van der Waals surface area contributed by atoms with Crippen molar-refractivity contribution in [2.75, 3.05) is 0 Å². The normalized spacial score (nSPS) is 21.3.